The second-order valence-corrected chi connectivity index (χ2v) is 5.72. The van der Waals surface area contributed by atoms with Crippen LogP contribution in [0.2, 0.25) is 0 Å². The van der Waals surface area contributed by atoms with Crippen LogP contribution in [0.5, 0.6) is 0 Å². The molecule has 1 heterocycles. The largest absolute Gasteiger partial charge is 0.331 e. The molecular weight excluding hydrogens is 192 g/mol. The molecule has 0 aromatic carbocycles. The number of hydrogen-bond acceptors (Lipinski definition) is 2. The van der Waals surface area contributed by atoms with E-state index in [9.17, 15) is 0 Å². The average Bonchev–Trinajstić information content (AvgIpc) is 2.43. The fourth-order valence-electron chi connectivity index (χ4n) is 1.36. The van der Waals surface area contributed by atoms with E-state index in [1.165, 1.54) is 5.82 Å². The summed E-state index contributed by atoms with van der Waals surface area (Å²) in [5.41, 5.74) is 1.12. The monoisotopic (exact) mass is 212 g/mol. The van der Waals surface area contributed by atoms with Crippen LogP contribution in [0.15, 0.2) is 6.20 Å². The highest BCUT2D eigenvalue weighted by Gasteiger charge is 2.08. The molecule has 0 saturated heterocycles. The third-order valence-electron chi connectivity index (χ3n) is 2.03. The van der Waals surface area contributed by atoms with Crippen molar-refractivity contribution in [1.82, 2.24) is 9.55 Å². The van der Waals surface area contributed by atoms with Crippen LogP contribution in [0.4, 0.5) is 0 Å². The standard InChI is InChI=1S/C11H20N2S/c1-8(2)13-6-10(5)12-11(13)7-14-9(3)4/h6,8-9H,7H2,1-5H3. The van der Waals surface area contributed by atoms with Crippen molar-refractivity contribution in [2.45, 2.75) is 51.7 Å². The lowest BCUT2D eigenvalue weighted by atomic mass is 10.4. The summed E-state index contributed by atoms with van der Waals surface area (Å²) in [6, 6.07) is 0.513. The van der Waals surface area contributed by atoms with Gasteiger partial charge in [0.05, 0.1) is 11.4 Å². The van der Waals surface area contributed by atoms with Gasteiger partial charge in [-0.2, -0.15) is 11.8 Å². The van der Waals surface area contributed by atoms with E-state index in [-0.39, 0.29) is 0 Å². The van der Waals surface area contributed by atoms with Crippen molar-refractivity contribution < 1.29 is 0 Å². The fourth-order valence-corrected chi connectivity index (χ4v) is 2.06. The molecule has 0 aliphatic carbocycles. The van der Waals surface area contributed by atoms with E-state index in [2.05, 4.69) is 50.4 Å². The molecule has 1 aromatic heterocycles. The Morgan fingerprint density at radius 3 is 2.50 bits per heavy atom. The molecular formula is C11H20N2S. The molecule has 0 amide bonds. The zero-order valence-corrected chi connectivity index (χ0v) is 10.6. The molecule has 0 bridgehead atoms. The lowest BCUT2D eigenvalue weighted by molar-refractivity contribution is 0.580. The Morgan fingerprint density at radius 2 is 2.00 bits per heavy atom. The molecule has 0 aliphatic rings. The highest BCUT2D eigenvalue weighted by Crippen LogP contribution is 2.19. The normalized spacial score (nSPS) is 11.6. The van der Waals surface area contributed by atoms with Gasteiger partial charge in [0.1, 0.15) is 5.82 Å². The molecule has 0 fully saturated rings. The number of nitrogens with zero attached hydrogens (tertiary/aromatic N) is 2. The second-order valence-electron chi connectivity index (χ2n) is 4.16. The molecule has 0 atom stereocenters. The Morgan fingerprint density at radius 1 is 1.36 bits per heavy atom. The van der Waals surface area contributed by atoms with Gasteiger partial charge in [-0.15, -0.1) is 0 Å². The van der Waals surface area contributed by atoms with Crippen molar-refractivity contribution in [1.29, 1.82) is 0 Å². The maximum absolute atomic E-state index is 4.55. The van der Waals surface area contributed by atoms with E-state index >= 15 is 0 Å². The Kier molecular flexibility index (Phi) is 4.05. The van der Waals surface area contributed by atoms with Crippen LogP contribution in [-0.4, -0.2) is 14.8 Å². The predicted molar refractivity (Wildman–Crippen MR) is 63.8 cm³/mol. The third-order valence-corrected chi connectivity index (χ3v) is 3.12. The first kappa shape index (κ1) is 11.6. The molecule has 0 aliphatic heterocycles. The number of aromatic nitrogens is 2. The third kappa shape index (κ3) is 3.05. The summed E-state index contributed by atoms with van der Waals surface area (Å²) in [4.78, 5) is 4.55. The van der Waals surface area contributed by atoms with Gasteiger partial charge in [0.2, 0.25) is 0 Å². The minimum Gasteiger partial charge on any atom is -0.331 e. The first-order chi connectivity index (χ1) is 6.50. The van der Waals surface area contributed by atoms with Crippen LogP contribution in [0.3, 0.4) is 0 Å². The first-order valence-electron chi connectivity index (χ1n) is 5.16. The summed E-state index contributed by atoms with van der Waals surface area (Å²) in [7, 11) is 0. The highest BCUT2D eigenvalue weighted by atomic mass is 32.2. The van der Waals surface area contributed by atoms with E-state index in [4.69, 9.17) is 0 Å². The van der Waals surface area contributed by atoms with Crippen molar-refractivity contribution in [3.8, 4) is 0 Å². The van der Waals surface area contributed by atoms with Gasteiger partial charge in [0.15, 0.2) is 0 Å². The molecule has 14 heavy (non-hydrogen) atoms. The summed E-state index contributed by atoms with van der Waals surface area (Å²) in [6.07, 6.45) is 2.14. The summed E-state index contributed by atoms with van der Waals surface area (Å²) in [5.74, 6) is 2.22. The summed E-state index contributed by atoms with van der Waals surface area (Å²) < 4.78 is 2.27. The summed E-state index contributed by atoms with van der Waals surface area (Å²) >= 11 is 1.95. The Labute approximate surface area is 91.1 Å². The van der Waals surface area contributed by atoms with Gasteiger partial charge < -0.3 is 4.57 Å². The molecule has 0 spiro atoms. The first-order valence-corrected chi connectivity index (χ1v) is 6.21. The van der Waals surface area contributed by atoms with Crippen LogP contribution in [0.1, 0.15) is 45.3 Å². The number of hydrogen-bond donors (Lipinski definition) is 0. The van der Waals surface area contributed by atoms with Crippen LogP contribution in [0.25, 0.3) is 0 Å². The molecule has 80 valence electrons. The molecule has 1 aromatic rings. The Hall–Kier alpha value is -0.440. The average molecular weight is 212 g/mol. The van der Waals surface area contributed by atoms with E-state index in [0.717, 1.165) is 11.4 Å². The summed E-state index contributed by atoms with van der Waals surface area (Å²) in [5, 5.41) is 0.674. The van der Waals surface area contributed by atoms with Crippen LogP contribution in [-0.2, 0) is 5.75 Å². The molecule has 0 radical (unpaired) electrons. The molecule has 0 saturated carbocycles. The maximum Gasteiger partial charge on any atom is 0.119 e. The van der Waals surface area contributed by atoms with Crippen molar-refractivity contribution in [2.24, 2.45) is 0 Å². The predicted octanol–water partition coefficient (Wildman–Crippen LogP) is 3.41. The SMILES string of the molecule is Cc1cn(C(C)C)c(CSC(C)C)n1. The summed E-state index contributed by atoms with van der Waals surface area (Å²) in [6.45, 7) is 10.9. The molecule has 2 nitrogen and oxygen atoms in total. The molecule has 1 rings (SSSR count). The maximum atomic E-state index is 4.55. The van der Waals surface area contributed by atoms with Crippen LogP contribution in [0, 0.1) is 6.92 Å². The second kappa shape index (κ2) is 4.87. The van der Waals surface area contributed by atoms with Crippen molar-refractivity contribution in [3.05, 3.63) is 17.7 Å². The van der Waals surface area contributed by atoms with Gasteiger partial charge in [-0.05, 0) is 26.0 Å². The fraction of sp³-hybridized carbons (Fsp3) is 0.727. The number of thioether (sulfide) groups is 1. The molecule has 0 unspecified atom stereocenters. The van der Waals surface area contributed by atoms with E-state index in [1.807, 2.05) is 11.8 Å². The quantitative estimate of drug-likeness (QED) is 0.761. The van der Waals surface area contributed by atoms with Gasteiger partial charge >= 0.3 is 0 Å². The number of rotatable bonds is 4. The van der Waals surface area contributed by atoms with Crippen molar-refractivity contribution in [2.75, 3.05) is 0 Å². The Balaban J connectivity index is 2.74. The van der Waals surface area contributed by atoms with Crippen LogP contribution >= 0.6 is 11.8 Å². The van der Waals surface area contributed by atoms with E-state index < -0.39 is 0 Å². The van der Waals surface area contributed by atoms with Gasteiger partial charge in [0, 0.05) is 12.2 Å². The van der Waals surface area contributed by atoms with Gasteiger partial charge in [-0.3, -0.25) is 0 Å². The van der Waals surface area contributed by atoms with E-state index in [0.29, 0.717) is 11.3 Å². The van der Waals surface area contributed by atoms with Gasteiger partial charge in [-0.1, -0.05) is 13.8 Å². The van der Waals surface area contributed by atoms with Gasteiger partial charge in [0.25, 0.3) is 0 Å². The molecule has 0 N–H and O–H groups in total. The smallest absolute Gasteiger partial charge is 0.119 e. The Bertz CT molecular complexity index is 289. The van der Waals surface area contributed by atoms with E-state index in [1.54, 1.807) is 0 Å². The van der Waals surface area contributed by atoms with Crippen LogP contribution < -0.4 is 0 Å². The molecule has 3 heteroatoms. The minimum atomic E-state index is 0.513. The lowest BCUT2D eigenvalue weighted by Crippen LogP contribution is -2.05. The highest BCUT2D eigenvalue weighted by molar-refractivity contribution is 7.99. The van der Waals surface area contributed by atoms with Crippen molar-refractivity contribution in [3.63, 3.8) is 0 Å². The zero-order chi connectivity index (χ0) is 10.7. The number of imidazole rings is 1. The number of aryl methyl sites for hydroxylation is 1. The lowest BCUT2D eigenvalue weighted by Gasteiger charge is -2.11. The topological polar surface area (TPSA) is 17.8 Å². The van der Waals surface area contributed by atoms with Gasteiger partial charge in [-0.25, -0.2) is 4.98 Å². The zero-order valence-electron chi connectivity index (χ0n) is 9.74. The van der Waals surface area contributed by atoms with Crippen molar-refractivity contribution >= 4 is 11.8 Å². The minimum absolute atomic E-state index is 0.513.